The quantitative estimate of drug-likeness (QED) is 0.123. The Morgan fingerprint density at radius 1 is 0.939 bits per heavy atom. The predicted octanol–water partition coefficient (Wildman–Crippen LogP) is 9.81. The molecule has 9 nitrogen and oxygen atoms in total. The molecular formula is C36H54IN5O4SSi2. The van der Waals surface area contributed by atoms with Crippen molar-refractivity contribution in [2.24, 2.45) is 0 Å². The summed E-state index contributed by atoms with van der Waals surface area (Å²) >= 11 is 4.13. The maximum atomic E-state index is 7.37. The van der Waals surface area contributed by atoms with E-state index in [1.54, 1.807) is 0 Å². The van der Waals surface area contributed by atoms with Crippen molar-refractivity contribution in [1.29, 1.82) is 0 Å². The predicted molar refractivity (Wildman–Crippen MR) is 215 cm³/mol. The van der Waals surface area contributed by atoms with Crippen LogP contribution in [0.15, 0.2) is 35.2 Å². The maximum absolute atomic E-state index is 7.37. The minimum Gasteiger partial charge on any atom is -0.408 e. The van der Waals surface area contributed by atoms with E-state index < -0.39 is 22.9 Å². The van der Waals surface area contributed by atoms with Gasteiger partial charge in [-0.2, -0.15) is 11.8 Å². The molecule has 1 aliphatic rings. The molecule has 1 fully saturated rings. The highest BCUT2D eigenvalue weighted by atomic mass is 127. The van der Waals surface area contributed by atoms with Crippen molar-refractivity contribution in [1.82, 2.24) is 19.7 Å². The summed E-state index contributed by atoms with van der Waals surface area (Å²) in [7, 11) is -4.55. The van der Waals surface area contributed by atoms with Crippen LogP contribution in [0.4, 0.5) is 5.82 Å². The first kappa shape index (κ1) is 38.5. The van der Waals surface area contributed by atoms with Gasteiger partial charge in [0.1, 0.15) is 30.0 Å². The first-order valence-electron chi connectivity index (χ1n) is 17.0. The van der Waals surface area contributed by atoms with Crippen LogP contribution in [0.3, 0.4) is 0 Å². The fourth-order valence-electron chi connectivity index (χ4n) is 5.57. The number of halogens is 1. The van der Waals surface area contributed by atoms with Gasteiger partial charge in [0.25, 0.3) is 0 Å². The monoisotopic (exact) mass is 835 g/mol. The Kier molecular flexibility index (Phi) is 11.0. The summed E-state index contributed by atoms with van der Waals surface area (Å²) in [4.78, 5) is 8.98. The van der Waals surface area contributed by atoms with Gasteiger partial charge in [0.2, 0.25) is 0 Å². The minimum absolute atomic E-state index is 0.00213. The van der Waals surface area contributed by atoms with Gasteiger partial charge >= 0.3 is 0 Å². The average Bonchev–Trinajstić information content (AvgIpc) is 3.62. The summed E-state index contributed by atoms with van der Waals surface area (Å²) in [6.07, 6.45) is 2.25. The molecular weight excluding hydrogens is 782 g/mol. The van der Waals surface area contributed by atoms with Crippen molar-refractivity contribution in [3.05, 3.63) is 56.7 Å². The van der Waals surface area contributed by atoms with Crippen molar-refractivity contribution >= 4 is 67.8 Å². The number of ether oxygens (including phenoxy) is 1. The number of aryl methyl sites for hydroxylation is 3. The van der Waals surface area contributed by atoms with E-state index in [1.807, 2.05) is 18.7 Å². The highest BCUT2D eigenvalue weighted by Gasteiger charge is 2.54. The molecule has 4 aromatic rings. The Hall–Kier alpha value is -1.76. The molecule has 1 aromatic carbocycles. The average molecular weight is 836 g/mol. The lowest BCUT2D eigenvalue weighted by Gasteiger charge is -2.44. The number of nitrogens with zero attached hydrogens (tertiary/aromatic N) is 4. The SMILES string of the molecule is Cc1ccc(-c2onc(C)c2CSC[C@H]2O[C@@H](n3cc(I)c4c(N)ncnc43)[C@H](O[Si](C)(C)C(C)(C)C)[C@@H]2O[Si](C)(C)C(C)(C)C)cc1C. The zero-order valence-corrected chi connectivity index (χ0v) is 36.4. The molecule has 4 heterocycles. The van der Waals surface area contributed by atoms with Crippen molar-refractivity contribution in [3.63, 3.8) is 0 Å². The Morgan fingerprint density at radius 3 is 2.18 bits per heavy atom. The van der Waals surface area contributed by atoms with E-state index in [0.717, 1.165) is 42.9 Å². The van der Waals surface area contributed by atoms with Crippen LogP contribution in [0, 0.1) is 24.3 Å². The van der Waals surface area contributed by atoms with E-state index in [9.17, 15) is 0 Å². The second-order valence-corrected chi connectivity index (χ2v) is 28.2. The number of fused-ring (bicyclic) bond motifs is 1. The van der Waals surface area contributed by atoms with E-state index in [4.69, 9.17) is 28.8 Å². The van der Waals surface area contributed by atoms with Crippen LogP contribution in [0.2, 0.25) is 36.3 Å². The molecule has 0 spiro atoms. The van der Waals surface area contributed by atoms with Gasteiger partial charge in [-0.15, -0.1) is 0 Å². The number of nitrogen functional groups attached to an aromatic ring is 1. The van der Waals surface area contributed by atoms with Crippen molar-refractivity contribution in [2.75, 3.05) is 11.5 Å². The number of nitrogens with two attached hydrogens (primary N) is 1. The van der Waals surface area contributed by atoms with Crippen LogP contribution in [0.5, 0.6) is 0 Å². The standard InChI is InChI=1S/C36H54IN5O4SSi2/c1-21-14-15-24(16-22(21)2)29-25(23(3)41-44-29)18-47-19-27-30(45-48(10,11)35(4,5)6)31(46-49(12,13)36(7,8)9)34(43-27)42-17-26(37)28-32(38)39-20-40-33(28)42/h14-17,20,27,30-31,34H,18-19H2,1-13H3,(H2,38,39,40)/t27-,30-,31-,34-/m1/s1. The van der Waals surface area contributed by atoms with Gasteiger partial charge in [-0.05, 0) is 96.8 Å². The molecule has 5 rings (SSSR count). The molecule has 4 atom stereocenters. The lowest BCUT2D eigenvalue weighted by molar-refractivity contribution is -0.0244. The molecule has 268 valence electrons. The van der Waals surface area contributed by atoms with Gasteiger partial charge in [-0.3, -0.25) is 0 Å². The van der Waals surface area contributed by atoms with E-state index in [2.05, 4.69) is 143 Å². The lowest BCUT2D eigenvalue weighted by atomic mass is 10.0. The third-order valence-corrected chi connectivity index (χ3v) is 21.7. The Morgan fingerprint density at radius 2 is 1.57 bits per heavy atom. The van der Waals surface area contributed by atoms with E-state index in [1.165, 1.54) is 17.5 Å². The Bertz CT molecular complexity index is 1810. The van der Waals surface area contributed by atoms with Crippen LogP contribution in [0.1, 0.15) is 70.2 Å². The molecule has 2 N–H and O–H groups in total. The molecule has 1 saturated heterocycles. The van der Waals surface area contributed by atoms with E-state index >= 15 is 0 Å². The highest BCUT2D eigenvalue weighted by Crippen LogP contribution is 2.47. The van der Waals surface area contributed by atoms with Gasteiger partial charge < -0.3 is 28.4 Å². The first-order chi connectivity index (χ1) is 22.6. The van der Waals surface area contributed by atoms with Crippen LogP contribution in [0.25, 0.3) is 22.4 Å². The molecule has 0 amide bonds. The summed E-state index contributed by atoms with van der Waals surface area (Å²) in [5.74, 6) is 2.73. The van der Waals surface area contributed by atoms with Gasteiger partial charge in [0.15, 0.2) is 28.6 Å². The molecule has 0 radical (unpaired) electrons. The number of hydrogen-bond donors (Lipinski definition) is 1. The molecule has 49 heavy (non-hydrogen) atoms. The van der Waals surface area contributed by atoms with Crippen LogP contribution >= 0.6 is 34.4 Å². The maximum Gasteiger partial charge on any atom is 0.192 e. The van der Waals surface area contributed by atoms with Crippen molar-refractivity contribution in [3.8, 4) is 11.3 Å². The topological polar surface area (TPSA) is 110 Å². The summed E-state index contributed by atoms with van der Waals surface area (Å²) in [6, 6.07) is 6.44. The summed E-state index contributed by atoms with van der Waals surface area (Å²) in [5, 5.41) is 5.19. The lowest BCUT2D eigenvalue weighted by Crippen LogP contribution is -2.53. The number of anilines is 1. The minimum atomic E-state index is -2.29. The number of aromatic nitrogens is 4. The summed E-state index contributed by atoms with van der Waals surface area (Å²) in [5.41, 5.74) is 12.7. The largest absolute Gasteiger partial charge is 0.408 e. The second kappa shape index (κ2) is 14.0. The molecule has 3 aromatic heterocycles. The van der Waals surface area contributed by atoms with Crippen LogP contribution < -0.4 is 5.73 Å². The van der Waals surface area contributed by atoms with E-state index in [0.29, 0.717) is 11.6 Å². The number of benzene rings is 1. The van der Waals surface area contributed by atoms with E-state index in [-0.39, 0.29) is 28.4 Å². The molecule has 0 aliphatic carbocycles. The number of hydrogen-bond acceptors (Lipinski definition) is 9. The second-order valence-electron chi connectivity index (χ2n) is 16.5. The van der Waals surface area contributed by atoms with Crippen molar-refractivity contribution in [2.45, 2.75) is 129 Å². The molecule has 1 aliphatic heterocycles. The Labute approximate surface area is 312 Å². The first-order valence-corrected chi connectivity index (χ1v) is 25.1. The number of rotatable bonds is 10. The third kappa shape index (κ3) is 7.73. The number of thioether (sulfide) groups is 1. The van der Waals surface area contributed by atoms with Gasteiger partial charge in [0, 0.05) is 32.4 Å². The van der Waals surface area contributed by atoms with Crippen molar-refractivity contribution < 1.29 is 18.1 Å². The molecule has 0 saturated carbocycles. The summed E-state index contributed by atoms with van der Waals surface area (Å²) in [6.45, 7) is 29.2. The fraction of sp³-hybridized carbons (Fsp3) is 0.583. The van der Waals surface area contributed by atoms with Crippen LogP contribution in [-0.2, 0) is 19.3 Å². The Balaban J connectivity index is 1.54. The molecule has 13 heteroatoms. The normalized spacial score (nSPS) is 20.9. The molecule has 0 unspecified atom stereocenters. The third-order valence-electron chi connectivity index (χ3n) is 10.9. The zero-order valence-electron chi connectivity index (χ0n) is 31.4. The summed E-state index contributed by atoms with van der Waals surface area (Å²) < 4.78 is 30.8. The highest BCUT2D eigenvalue weighted by molar-refractivity contribution is 14.1. The zero-order chi connectivity index (χ0) is 36.3. The molecule has 0 bridgehead atoms. The smallest absolute Gasteiger partial charge is 0.192 e. The van der Waals surface area contributed by atoms with Gasteiger partial charge in [-0.1, -0.05) is 58.8 Å². The van der Waals surface area contributed by atoms with Gasteiger partial charge in [-0.25, -0.2) is 9.97 Å². The van der Waals surface area contributed by atoms with Gasteiger partial charge in [0.05, 0.1) is 17.2 Å². The van der Waals surface area contributed by atoms with Crippen LogP contribution in [-0.4, -0.2) is 60.4 Å². The fourth-order valence-corrected chi connectivity index (χ4v) is 10.2.